The zero-order valence-electron chi connectivity index (χ0n) is 26.6. The fraction of sp³-hybridized carbons (Fsp3) is 0.0882. The summed E-state index contributed by atoms with van der Waals surface area (Å²) < 4.78 is 7.28. The fourth-order valence-electron chi connectivity index (χ4n) is 4.53. The van der Waals surface area contributed by atoms with Gasteiger partial charge in [0.15, 0.2) is 17.3 Å². The Morgan fingerprint density at radius 3 is 2.10 bits per heavy atom. The third-order valence-electron chi connectivity index (χ3n) is 6.84. The van der Waals surface area contributed by atoms with Gasteiger partial charge in [0.25, 0.3) is 0 Å². The van der Waals surface area contributed by atoms with Gasteiger partial charge < -0.3 is 37.5 Å². The number of anilines is 4. The summed E-state index contributed by atoms with van der Waals surface area (Å²) in [6.45, 7) is 0.449. The van der Waals surface area contributed by atoms with Crippen LogP contribution in [0, 0.1) is 11.3 Å². The maximum absolute atomic E-state index is 13.0. The van der Waals surface area contributed by atoms with Crippen LogP contribution in [-0.2, 0) is 13.0 Å². The van der Waals surface area contributed by atoms with Gasteiger partial charge in [-0.25, -0.2) is 34.9 Å². The number of aromatic nitrogens is 8. The quantitative estimate of drug-likeness (QED) is 0.152. The molecule has 0 unspecified atom stereocenters. The highest BCUT2D eigenvalue weighted by atomic mass is 16.3. The summed E-state index contributed by atoms with van der Waals surface area (Å²) >= 11 is 0. The molecule has 0 atom stereocenters. The number of ketones is 1. The molecule has 50 heavy (non-hydrogen) atoms. The Morgan fingerprint density at radius 2 is 1.48 bits per heavy atom. The average Bonchev–Trinajstić information content (AvgIpc) is 3.84. The van der Waals surface area contributed by atoms with Crippen LogP contribution in [0.3, 0.4) is 0 Å². The van der Waals surface area contributed by atoms with E-state index in [0.717, 1.165) is 11.3 Å². The number of rotatable bonds is 7. The summed E-state index contributed by atoms with van der Waals surface area (Å²) in [5, 5.41) is 8.29. The molecule has 10 N–H and O–H groups in total. The molecule has 0 saturated heterocycles. The molecule has 0 radical (unpaired) electrons. The molecule has 0 amide bonds. The van der Waals surface area contributed by atoms with Gasteiger partial charge in [0.05, 0.1) is 11.9 Å². The average molecular weight is 669 g/mol. The van der Waals surface area contributed by atoms with E-state index in [4.69, 9.17) is 38.3 Å². The van der Waals surface area contributed by atoms with E-state index in [9.17, 15) is 4.79 Å². The molecule has 0 spiro atoms. The molecule has 0 aliphatic rings. The summed E-state index contributed by atoms with van der Waals surface area (Å²) in [6.07, 6.45) is 8.87. The van der Waals surface area contributed by atoms with Gasteiger partial charge in [-0.15, -0.1) is 0 Å². The molecular formula is C34H32N14O2. The first kappa shape index (κ1) is 34.1. The first-order valence-electron chi connectivity index (χ1n) is 15.0. The topological polar surface area (TPSA) is 279 Å². The normalized spacial score (nSPS) is 10.3. The van der Waals surface area contributed by atoms with Crippen molar-refractivity contribution in [3.05, 3.63) is 121 Å². The van der Waals surface area contributed by atoms with E-state index in [0.29, 0.717) is 58.8 Å². The Balaban J connectivity index is 0.000000220. The second-order valence-corrected chi connectivity index (χ2v) is 10.4. The Hall–Kier alpha value is -7.25. The summed E-state index contributed by atoms with van der Waals surface area (Å²) in [7, 11) is 0. The number of Topliss-reactive ketones (excluding diaryl/α,β-unsaturated/α-hetero) is 1. The third kappa shape index (κ3) is 8.76. The predicted octanol–water partition coefficient (Wildman–Crippen LogP) is 3.48. The predicted molar refractivity (Wildman–Crippen MR) is 187 cm³/mol. The van der Waals surface area contributed by atoms with Gasteiger partial charge in [0.2, 0.25) is 5.89 Å². The number of nitrogens with zero attached hydrogens (tertiary/aromatic N) is 9. The second-order valence-electron chi connectivity index (χ2n) is 10.4. The number of nitrogens with two attached hydrogens (primary N) is 5. The molecule has 0 fully saturated rings. The van der Waals surface area contributed by atoms with Crippen molar-refractivity contribution in [3.63, 3.8) is 0 Å². The van der Waals surface area contributed by atoms with Crippen LogP contribution in [0.15, 0.2) is 102 Å². The van der Waals surface area contributed by atoms with Crippen molar-refractivity contribution < 1.29 is 9.21 Å². The summed E-state index contributed by atoms with van der Waals surface area (Å²) in [6, 6.07) is 21.2. The smallest absolute Gasteiger partial charge is 0.247 e. The van der Waals surface area contributed by atoms with Crippen molar-refractivity contribution in [2.24, 2.45) is 5.73 Å². The van der Waals surface area contributed by atoms with Crippen LogP contribution in [0.1, 0.15) is 34.0 Å². The number of aryl methyl sites for hydroxylation is 1. The number of hydrogen-bond acceptors (Lipinski definition) is 15. The molecule has 7 heterocycles. The van der Waals surface area contributed by atoms with Gasteiger partial charge in [-0.1, -0.05) is 18.2 Å². The van der Waals surface area contributed by atoms with Gasteiger partial charge in [-0.3, -0.25) is 4.79 Å². The van der Waals surface area contributed by atoms with E-state index in [1.165, 1.54) is 12.5 Å². The van der Waals surface area contributed by atoms with Gasteiger partial charge >= 0.3 is 0 Å². The number of carbonyl (C=O) groups is 1. The number of imidazole rings is 1. The minimum atomic E-state index is -0.247. The Kier molecular flexibility index (Phi) is 10.9. The maximum Gasteiger partial charge on any atom is 0.247 e. The SMILES string of the molecule is N#Cc1cccc(N)n1.NCc1cccc(N)n1.Nc1cccc(CCC(=O)c2nc(-c3ccc4nccn4c3)c(-c3ncco3)nc2N)n1. The van der Waals surface area contributed by atoms with E-state index in [1.807, 2.05) is 53.2 Å². The molecule has 0 aliphatic heterocycles. The van der Waals surface area contributed by atoms with Crippen LogP contribution in [0.4, 0.5) is 23.3 Å². The summed E-state index contributed by atoms with van der Waals surface area (Å²) in [5.74, 6) is 1.33. The van der Waals surface area contributed by atoms with Gasteiger partial charge in [0, 0.05) is 42.8 Å². The number of carbonyl (C=O) groups excluding carboxylic acids is 1. The molecule has 0 saturated carbocycles. The Bertz CT molecular complexity index is 2260. The largest absolute Gasteiger partial charge is 0.443 e. The molecule has 250 valence electrons. The van der Waals surface area contributed by atoms with Crippen molar-refractivity contribution in [2.45, 2.75) is 19.4 Å². The minimum Gasteiger partial charge on any atom is -0.443 e. The van der Waals surface area contributed by atoms with Crippen LogP contribution in [0.5, 0.6) is 0 Å². The van der Waals surface area contributed by atoms with Crippen molar-refractivity contribution in [2.75, 3.05) is 22.9 Å². The zero-order chi connectivity index (χ0) is 35.5. The van der Waals surface area contributed by atoms with Crippen molar-refractivity contribution >= 4 is 34.7 Å². The van der Waals surface area contributed by atoms with E-state index in [2.05, 4.69) is 34.9 Å². The molecule has 16 heteroatoms. The second kappa shape index (κ2) is 16.0. The van der Waals surface area contributed by atoms with Crippen LogP contribution in [0.2, 0.25) is 0 Å². The van der Waals surface area contributed by atoms with E-state index in [-0.39, 0.29) is 29.6 Å². The number of fused-ring (bicyclic) bond motifs is 1. The maximum atomic E-state index is 13.0. The van der Waals surface area contributed by atoms with Crippen molar-refractivity contribution in [1.82, 2.24) is 39.3 Å². The van der Waals surface area contributed by atoms with Crippen molar-refractivity contribution in [3.8, 4) is 28.9 Å². The molecule has 0 bridgehead atoms. The standard InChI is InChI=1S/C22H18N8O2.C6H9N3.C6H5N3/c23-16-3-1-2-14(27-16)5-6-15(31)19-21(24)29-20(22-26-9-11-32-22)18(28-19)13-4-7-17-25-8-10-30(17)12-13;2*7-4-5-2-1-3-6(8)9-5/h1-4,7-12H,5-6H2,(H2,23,27)(H2,24,29);1-3H,4,7H2,(H2,8,9);1-3H,(H2,8,9). The van der Waals surface area contributed by atoms with Crippen LogP contribution in [0.25, 0.3) is 28.5 Å². The van der Waals surface area contributed by atoms with Gasteiger partial charge in [-0.2, -0.15) is 5.26 Å². The summed E-state index contributed by atoms with van der Waals surface area (Å²) in [5.41, 5.74) is 32.0. The highest BCUT2D eigenvalue weighted by molar-refractivity contribution is 5.99. The minimum absolute atomic E-state index is 0.0104. The molecule has 0 aromatic carbocycles. The lowest BCUT2D eigenvalue weighted by molar-refractivity contribution is 0.0978. The number of nitrogen functional groups attached to an aromatic ring is 4. The molecule has 16 nitrogen and oxygen atoms in total. The first-order chi connectivity index (χ1) is 24.2. The molecule has 7 aromatic heterocycles. The monoisotopic (exact) mass is 668 g/mol. The first-order valence-corrected chi connectivity index (χ1v) is 15.0. The van der Waals surface area contributed by atoms with E-state index >= 15 is 0 Å². The van der Waals surface area contributed by atoms with Crippen LogP contribution in [-0.4, -0.2) is 45.1 Å². The molecule has 0 aliphatic carbocycles. The Labute approximate surface area is 285 Å². The Morgan fingerprint density at radius 1 is 0.780 bits per heavy atom. The molecule has 7 rings (SSSR count). The summed E-state index contributed by atoms with van der Waals surface area (Å²) in [4.78, 5) is 42.3. The lowest BCUT2D eigenvalue weighted by Crippen LogP contribution is -2.12. The number of pyridine rings is 4. The van der Waals surface area contributed by atoms with Crippen LogP contribution >= 0.6 is 0 Å². The van der Waals surface area contributed by atoms with Gasteiger partial charge in [0.1, 0.15) is 52.5 Å². The molecule has 7 aromatic rings. The molecular weight excluding hydrogens is 636 g/mol. The lowest BCUT2D eigenvalue weighted by atomic mass is 10.1. The zero-order valence-corrected chi connectivity index (χ0v) is 26.6. The highest BCUT2D eigenvalue weighted by Gasteiger charge is 2.22. The van der Waals surface area contributed by atoms with E-state index in [1.54, 1.807) is 42.6 Å². The number of oxazole rings is 1. The van der Waals surface area contributed by atoms with E-state index < -0.39 is 0 Å². The van der Waals surface area contributed by atoms with Crippen molar-refractivity contribution in [1.29, 1.82) is 5.26 Å². The highest BCUT2D eigenvalue weighted by Crippen LogP contribution is 2.30. The number of hydrogen-bond donors (Lipinski definition) is 5. The number of nitriles is 1. The third-order valence-corrected chi connectivity index (χ3v) is 6.84. The van der Waals surface area contributed by atoms with Crippen LogP contribution < -0.4 is 28.7 Å². The fourth-order valence-corrected chi connectivity index (χ4v) is 4.53. The van der Waals surface area contributed by atoms with Gasteiger partial charge in [-0.05, 0) is 55.0 Å². The lowest BCUT2D eigenvalue weighted by Gasteiger charge is -2.11.